The van der Waals surface area contributed by atoms with E-state index in [1.54, 1.807) is 4.90 Å². The minimum atomic E-state index is -0.231. The number of aromatic nitrogens is 3. The minimum Gasteiger partial charge on any atom is -0.441 e. The van der Waals surface area contributed by atoms with Crippen LogP contribution in [0.1, 0.15) is 28.2 Å². The van der Waals surface area contributed by atoms with Crippen molar-refractivity contribution < 1.29 is 14.3 Å². The summed E-state index contributed by atoms with van der Waals surface area (Å²) in [5, 5.41) is 7.41. The molecule has 0 aromatic carbocycles. The molecule has 1 amide bonds. The van der Waals surface area contributed by atoms with E-state index >= 15 is 0 Å². The number of allylic oxidation sites excluding steroid dienone is 1. The van der Waals surface area contributed by atoms with Gasteiger partial charge >= 0.3 is 6.09 Å². The van der Waals surface area contributed by atoms with Crippen molar-refractivity contribution in [3.8, 4) is 0 Å². The van der Waals surface area contributed by atoms with E-state index < -0.39 is 0 Å². The van der Waals surface area contributed by atoms with Gasteiger partial charge in [-0.05, 0) is 31.6 Å². The molecular formula is C21H25N5O3. The molecule has 29 heavy (non-hydrogen) atoms. The minimum absolute atomic E-state index is 0.0811. The average Bonchev–Trinajstić information content (AvgIpc) is 3.26. The Balaban J connectivity index is 1.31. The maximum absolute atomic E-state index is 12.3. The van der Waals surface area contributed by atoms with Gasteiger partial charge in [0.2, 0.25) is 0 Å². The lowest BCUT2D eigenvalue weighted by molar-refractivity contribution is -0.104. The average molecular weight is 395 g/mol. The summed E-state index contributed by atoms with van der Waals surface area (Å²) in [6, 6.07) is 2.08. The number of H-pyrrole nitrogens is 1. The summed E-state index contributed by atoms with van der Waals surface area (Å²) in [6.07, 6.45) is 4.64. The molecule has 8 heteroatoms. The van der Waals surface area contributed by atoms with Gasteiger partial charge in [-0.15, -0.1) is 0 Å². The Morgan fingerprint density at radius 2 is 2.03 bits per heavy atom. The van der Waals surface area contributed by atoms with Crippen LogP contribution in [-0.2, 0) is 15.9 Å². The summed E-state index contributed by atoms with van der Waals surface area (Å²) >= 11 is 0. The molecule has 0 bridgehead atoms. The zero-order chi connectivity index (χ0) is 20.0. The molecule has 2 aliphatic heterocycles. The van der Waals surface area contributed by atoms with Crippen LogP contribution in [0.25, 0.3) is 11.6 Å². The van der Waals surface area contributed by atoms with E-state index in [0.717, 1.165) is 36.6 Å². The van der Waals surface area contributed by atoms with Crippen LogP contribution in [0.4, 0.5) is 10.5 Å². The molecule has 152 valence electrons. The number of carbonyl (C=O) groups is 1. The highest BCUT2D eigenvalue weighted by atomic mass is 16.6. The molecule has 8 nitrogen and oxygen atoms in total. The third-order valence-electron chi connectivity index (χ3n) is 5.93. The standard InChI is InChI=1S/C21H25N5O3/c1-13-20(14(2)24-23-13)15-9-17-18(10-15)22-4-3-19(17)25-5-7-26(8-6-25)21(27)29-16-11-28-12-16/h3-4,9,16H,5-8,10-12H2,1-2H3,(H,23,24). The molecule has 4 heterocycles. The van der Waals surface area contributed by atoms with Crippen molar-refractivity contribution >= 4 is 23.4 Å². The Morgan fingerprint density at radius 3 is 2.69 bits per heavy atom. The molecular weight excluding hydrogens is 370 g/mol. The quantitative estimate of drug-likeness (QED) is 0.858. The number of piperazine rings is 1. The number of nitrogens with zero attached hydrogens (tertiary/aromatic N) is 4. The maximum Gasteiger partial charge on any atom is 0.410 e. The van der Waals surface area contributed by atoms with Gasteiger partial charge in [-0.1, -0.05) is 0 Å². The number of nitrogens with one attached hydrogen (secondary N) is 1. The summed E-state index contributed by atoms with van der Waals surface area (Å²) in [5.41, 5.74) is 8.04. The fourth-order valence-electron chi connectivity index (χ4n) is 4.30. The lowest BCUT2D eigenvalue weighted by Gasteiger charge is -2.37. The first-order chi connectivity index (χ1) is 14.1. The largest absolute Gasteiger partial charge is 0.441 e. The highest BCUT2D eigenvalue weighted by Crippen LogP contribution is 2.37. The molecule has 1 N–H and O–H groups in total. The molecule has 1 aliphatic carbocycles. The van der Waals surface area contributed by atoms with Crippen LogP contribution in [0.15, 0.2) is 12.3 Å². The van der Waals surface area contributed by atoms with Gasteiger partial charge in [-0.3, -0.25) is 10.1 Å². The molecule has 2 saturated heterocycles. The van der Waals surface area contributed by atoms with Gasteiger partial charge in [0, 0.05) is 61.3 Å². The van der Waals surface area contributed by atoms with Crippen LogP contribution in [-0.4, -0.2) is 71.7 Å². The molecule has 0 unspecified atom stereocenters. The van der Waals surface area contributed by atoms with Crippen LogP contribution in [0.3, 0.4) is 0 Å². The van der Waals surface area contributed by atoms with Gasteiger partial charge in [0.25, 0.3) is 0 Å². The van der Waals surface area contributed by atoms with Crippen molar-refractivity contribution in [3.05, 3.63) is 40.5 Å². The van der Waals surface area contributed by atoms with Gasteiger partial charge in [0.15, 0.2) is 6.10 Å². The zero-order valence-electron chi connectivity index (χ0n) is 16.8. The Hall–Kier alpha value is -2.87. The summed E-state index contributed by atoms with van der Waals surface area (Å²) in [4.78, 5) is 21.0. The first kappa shape index (κ1) is 18.2. The monoisotopic (exact) mass is 395 g/mol. The number of hydrogen-bond donors (Lipinski definition) is 1. The Bertz CT molecular complexity index is 951. The van der Waals surface area contributed by atoms with E-state index in [9.17, 15) is 4.79 Å². The van der Waals surface area contributed by atoms with Gasteiger partial charge in [-0.25, -0.2) is 4.79 Å². The smallest absolute Gasteiger partial charge is 0.410 e. The van der Waals surface area contributed by atoms with Crippen LogP contribution in [0, 0.1) is 13.8 Å². The van der Waals surface area contributed by atoms with E-state index in [4.69, 9.17) is 9.47 Å². The molecule has 0 spiro atoms. The van der Waals surface area contributed by atoms with Crippen molar-refractivity contribution in [2.24, 2.45) is 0 Å². The van der Waals surface area contributed by atoms with Crippen molar-refractivity contribution in [2.75, 3.05) is 44.3 Å². The fraction of sp³-hybridized carbons (Fsp3) is 0.476. The van der Waals surface area contributed by atoms with Crippen LogP contribution in [0.5, 0.6) is 0 Å². The van der Waals surface area contributed by atoms with Gasteiger partial charge in [-0.2, -0.15) is 5.10 Å². The number of pyridine rings is 1. The highest BCUT2D eigenvalue weighted by molar-refractivity contribution is 5.93. The highest BCUT2D eigenvalue weighted by Gasteiger charge is 2.30. The second-order valence-corrected chi connectivity index (χ2v) is 7.86. The molecule has 3 aliphatic rings. The number of hydrogen-bond acceptors (Lipinski definition) is 6. The Morgan fingerprint density at radius 1 is 1.24 bits per heavy atom. The summed E-state index contributed by atoms with van der Waals surface area (Å²) in [6.45, 7) is 7.98. The van der Waals surface area contributed by atoms with E-state index in [0.29, 0.717) is 26.3 Å². The van der Waals surface area contributed by atoms with E-state index in [-0.39, 0.29) is 12.2 Å². The van der Waals surface area contributed by atoms with Gasteiger partial charge in [0.05, 0.1) is 24.6 Å². The zero-order valence-corrected chi connectivity index (χ0v) is 16.8. The molecule has 0 radical (unpaired) electrons. The number of aryl methyl sites for hydroxylation is 2. The van der Waals surface area contributed by atoms with Crippen LogP contribution >= 0.6 is 0 Å². The van der Waals surface area contributed by atoms with Crippen molar-refractivity contribution in [2.45, 2.75) is 26.4 Å². The van der Waals surface area contributed by atoms with Crippen molar-refractivity contribution in [1.82, 2.24) is 20.1 Å². The summed E-state index contributed by atoms with van der Waals surface area (Å²) < 4.78 is 10.5. The SMILES string of the molecule is Cc1n[nH]c(C)c1C1=Cc2c(N3CCN(C(=O)OC4COC4)CC3)ccnc2C1. The number of aromatic amines is 1. The molecule has 2 aromatic rings. The summed E-state index contributed by atoms with van der Waals surface area (Å²) in [7, 11) is 0. The lowest BCUT2D eigenvalue weighted by atomic mass is 10.0. The second-order valence-electron chi connectivity index (χ2n) is 7.86. The van der Waals surface area contributed by atoms with E-state index in [2.05, 4.69) is 39.1 Å². The van der Waals surface area contributed by atoms with Crippen LogP contribution < -0.4 is 4.90 Å². The molecule has 0 saturated carbocycles. The topological polar surface area (TPSA) is 83.6 Å². The van der Waals surface area contributed by atoms with Crippen molar-refractivity contribution in [3.63, 3.8) is 0 Å². The molecule has 0 atom stereocenters. The first-order valence-electron chi connectivity index (χ1n) is 10.1. The summed E-state index contributed by atoms with van der Waals surface area (Å²) in [5.74, 6) is 0. The second kappa shape index (κ2) is 7.18. The number of amides is 1. The molecule has 2 aromatic heterocycles. The lowest BCUT2D eigenvalue weighted by Crippen LogP contribution is -2.51. The molecule has 2 fully saturated rings. The fourth-order valence-corrected chi connectivity index (χ4v) is 4.30. The van der Waals surface area contributed by atoms with E-state index in [1.807, 2.05) is 13.1 Å². The Kier molecular flexibility index (Phi) is 4.50. The number of rotatable bonds is 3. The number of fused-ring (bicyclic) bond motifs is 1. The third-order valence-corrected chi connectivity index (χ3v) is 5.93. The first-order valence-corrected chi connectivity index (χ1v) is 10.1. The maximum atomic E-state index is 12.3. The van der Waals surface area contributed by atoms with Gasteiger partial charge < -0.3 is 19.3 Å². The Labute approximate surface area is 169 Å². The number of anilines is 1. The van der Waals surface area contributed by atoms with Crippen molar-refractivity contribution in [1.29, 1.82) is 0 Å². The molecule has 5 rings (SSSR count). The predicted octanol–water partition coefficient (Wildman–Crippen LogP) is 2.18. The normalized spacial score (nSPS) is 19.0. The van der Waals surface area contributed by atoms with E-state index in [1.165, 1.54) is 22.4 Å². The van der Waals surface area contributed by atoms with Gasteiger partial charge in [0.1, 0.15) is 0 Å². The van der Waals surface area contributed by atoms with Crippen LogP contribution in [0.2, 0.25) is 0 Å². The third kappa shape index (κ3) is 3.27. The number of carbonyl (C=O) groups excluding carboxylic acids is 1. The number of ether oxygens (including phenoxy) is 2. The predicted molar refractivity (Wildman–Crippen MR) is 109 cm³/mol.